The van der Waals surface area contributed by atoms with E-state index in [1.165, 1.54) is 12.1 Å². The molecule has 0 saturated carbocycles. The molecule has 3 rings (SSSR count). The average molecular weight is 357 g/mol. The summed E-state index contributed by atoms with van der Waals surface area (Å²) in [6, 6.07) is 14.4. The lowest BCUT2D eigenvalue weighted by atomic mass is 10.1. The third-order valence-electron chi connectivity index (χ3n) is 3.61. The van der Waals surface area contributed by atoms with Crippen LogP contribution in [0, 0.1) is 17.0 Å². The van der Waals surface area contributed by atoms with E-state index >= 15 is 0 Å². The SMILES string of the molecule is Cc1oc(-c2cccc([N+](=O)[O-])c2)cc1C(=O)Nc1ccc(Cl)cc1. The summed E-state index contributed by atoms with van der Waals surface area (Å²) in [6.45, 7) is 1.66. The number of carbonyl (C=O) groups is 1. The number of amides is 1. The van der Waals surface area contributed by atoms with Crippen molar-refractivity contribution in [3.63, 3.8) is 0 Å². The molecule has 0 atom stereocenters. The van der Waals surface area contributed by atoms with Gasteiger partial charge in [0.25, 0.3) is 11.6 Å². The van der Waals surface area contributed by atoms with Crippen LogP contribution < -0.4 is 5.32 Å². The third-order valence-corrected chi connectivity index (χ3v) is 3.86. The molecule has 126 valence electrons. The molecule has 1 aromatic heterocycles. The topological polar surface area (TPSA) is 85.4 Å². The van der Waals surface area contributed by atoms with Crippen molar-refractivity contribution in [2.45, 2.75) is 6.92 Å². The van der Waals surface area contributed by atoms with Crippen LogP contribution in [0.15, 0.2) is 59.0 Å². The molecule has 0 saturated heterocycles. The molecule has 1 N–H and O–H groups in total. The van der Waals surface area contributed by atoms with Gasteiger partial charge in [0.1, 0.15) is 11.5 Å². The summed E-state index contributed by atoms with van der Waals surface area (Å²) in [5, 5.41) is 14.2. The van der Waals surface area contributed by atoms with Gasteiger partial charge in [0.2, 0.25) is 0 Å². The lowest BCUT2D eigenvalue weighted by molar-refractivity contribution is -0.384. The van der Waals surface area contributed by atoms with Crippen molar-refractivity contribution in [3.05, 3.63) is 81.1 Å². The van der Waals surface area contributed by atoms with Gasteiger partial charge in [0.15, 0.2) is 0 Å². The van der Waals surface area contributed by atoms with Crippen molar-refractivity contribution < 1.29 is 14.1 Å². The normalized spacial score (nSPS) is 10.5. The summed E-state index contributed by atoms with van der Waals surface area (Å²) in [5.41, 5.74) is 1.45. The van der Waals surface area contributed by atoms with Gasteiger partial charge in [-0.2, -0.15) is 0 Å². The summed E-state index contributed by atoms with van der Waals surface area (Å²) >= 11 is 5.82. The monoisotopic (exact) mass is 356 g/mol. The highest BCUT2D eigenvalue weighted by Crippen LogP contribution is 2.28. The molecule has 25 heavy (non-hydrogen) atoms. The van der Waals surface area contributed by atoms with Crippen molar-refractivity contribution in [1.29, 1.82) is 0 Å². The van der Waals surface area contributed by atoms with E-state index in [1.807, 2.05) is 0 Å². The first-order chi connectivity index (χ1) is 11.9. The molecular formula is C18H13ClN2O4. The van der Waals surface area contributed by atoms with Crippen LogP contribution in [0.25, 0.3) is 11.3 Å². The fourth-order valence-corrected chi connectivity index (χ4v) is 2.48. The van der Waals surface area contributed by atoms with Crippen LogP contribution >= 0.6 is 11.6 Å². The second-order valence-corrected chi connectivity index (χ2v) is 5.79. The molecule has 3 aromatic rings. The Morgan fingerprint density at radius 1 is 1.16 bits per heavy atom. The highest BCUT2D eigenvalue weighted by Gasteiger charge is 2.17. The first-order valence-corrected chi connectivity index (χ1v) is 7.74. The van der Waals surface area contributed by atoms with Crippen LogP contribution in [0.5, 0.6) is 0 Å². The van der Waals surface area contributed by atoms with Crippen LogP contribution in [-0.4, -0.2) is 10.8 Å². The van der Waals surface area contributed by atoms with E-state index in [1.54, 1.807) is 49.4 Å². The van der Waals surface area contributed by atoms with Gasteiger partial charge in [-0.05, 0) is 37.3 Å². The summed E-state index contributed by atoms with van der Waals surface area (Å²) in [7, 11) is 0. The van der Waals surface area contributed by atoms with E-state index in [9.17, 15) is 14.9 Å². The molecule has 0 spiro atoms. The number of benzene rings is 2. The van der Waals surface area contributed by atoms with E-state index in [0.717, 1.165) is 0 Å². The number of nitro groups is 1. The van der Waals surface area contributed by atoms with Gasteiger partial charge >= 0.3 is 0 Å². The first kappa shape index (κ1) is 16.7. The minimum atomic E-state index is -0.479. The molecule has 0 aliphatic heterocycles. The standard InChI is InChI=1S/C18H13ClN2O4/c1-11-16(18(22)20-14-7-5-13(19)6-8-14)10-17(25-11)12-3-2-4-15(9-12)21(23)24/h2-10H,1H3,(H,20,22). The van der Waals surface area contributed by atoms with E-state index < -0.39 is 4.92 Å². The minimum Gasteiger partial charge on any atom is -0.461 e. The number of non-ortho nitro benzene ring substituents is 1. The van der Waals surface area contributed by atoms with Gasteiger partial charge in [-0.1, -0.05) is 23.7 Å². The fourth-order valence-electron chi connectivity index (χ4n) is 2.35. The number of halogens is 1. The molecule has 2 aromatic carbocycles. The van der Waals surface area contributed by atoms with Crippen LogP contribution in [-0.2, 0) is 0 Å². The maximum absolute atomic E-state index is 12.4. The van der Waals surface area contributed by atoms with E-state index in [-0.39, 0.29) is 11.6 Å². The van der Waals surface area contributed by atoms with Gasteiger partial charge in [-0.25, -0.2) is 0 Å². The Balaban J connectivity index is 1.87. The van der Waals surface area contributed by atoms with Crippen molar-refractivity contribution in [1.82, 2.24) is 0 Å². The largest absolute Gasteiger partial charge is 0.461 e. The molecule has 1 amide bonds. The van der Waals surface area contributed by atoms with Crippen molar-refractivity contribution in [2.24, 2.45) is 0 Å². The summed E-state index contributed by atoms with van der Waals surface area (Å²) < 4.78 is 5.61. The Bertz CT molecular complexity index is 948. The van der Waals surface area contributed by atoms with Gasteiger partial charge in [-0.15, -0.1) is 0 Å². The number of nitrogens with one attached hydrogen (secondary N) is 1. The summed E-state index contributed by atoms with van der Waals surface area (Å²) in [5.74, 6) is 0.482. The molecule has 0 unspecified atom stereocenters. The Morgan fingerprint density at radius 3 is 2.56 bits per heavy atom. The molecule has 0 aliphatic rings. The lowest BCUT2D eigenvalue weighted by Gasteiger charge is -2.03. The molecule has 7 heteroatoms. The Labute approximate surface area is 148 Å². The number of hydrogen-bond donors (Lipinski definition) is 1. The van der Waals surface area contributed by atoms with E-state index in [0.29, 0.717) is 33.4 Å². The number of rotatable bonds is 4. The van der Waals surface area contributed by atoms with Crippen molar-refractivity contribution in [3.8, 4) is 11.3 Å². The number of furan rings is 1. The second kappa shape index (κ2) is 6.78. The highest BCUT2D eigenvalue weighted by molar-refractivity contribution is 6.30. The number of nitrogens with zero attached hydrogens (tertiary/aromatic N) is 1. The second-order valence-electron chi connectivity index (χ2n) is 5.35. The third kappa shape index (κ3) is 3.70. The lowest BCUT2D eigenvalue weighted by Crippen LogP contribution is -2.11. The molecular weight excluding hydrogens is 344 g/mol. The van der Waals surface area contributed by atoms with E-state index in [4.69, 9.17) is 16.0 Å². The predicted octanol–water partition coefficient (Wildman–Crippen LogP) is 5.07. The van der Waals surface area contributed by atoms with Gasteiger partial charge in [-0.3, -0.25) is 14.9 Å². The van der Waals surface area contributed by atoms with Crippen LogP contribution in [0.2, 0.25) is 5.02 Å². The summed E-state index contributed by atoms with van der Waals surface area (Å²) in [6.07, 6.45) is 0. The smallest absolute Gasteiger partial charge is 0.270 e. The van der Waals surface area contributed by atoms with Crippen LogP contribution in [0.3, 0.4) is 0 Å². The molecule has 0 radical (unpaired) electrons. The Hall–Kier alpha value is -3.12. The molecule has 0 aliphatic carbocycles. The first-order valence-electron chi connectivity index (χ1n) is 7.36. The summed E-state index contributed by atoms with van der Waals surface area (Å²) in [4.78, 5) is 22.8. The zero-order valence-electron chi connectivity index (χ0n) is 13.2. The minimum absolute atomic E-state index is 0.0429. The molecule has 1 heterocycles. The molecule has 6 nitrogen and oxygen atoms in total. The van der Waals surface area contributed by atoms with Crippen molar-refractivity contribution >= 4 is 28.9 Å². The van der Waals surface area contributed by atoms with Crippen molar-refractivity contribution in [2.75, 3.05) is 5.32 Å². The Kier molecular flexibility index (Phi) is 4.54. The number of carbonyl (C=O) groups excluding carboxylic acids is 1. The fraction of sp³-hybridized carbons (Fsp3) is 0.0556. The van der Waals surface area contributed by atoms with Gasteiger partial charge in [0, 0.05) is 28.4 Å². The highest BCUT2D eigenvalue weighted by atomic mass is 35.5. The quantitative estimate of drug-likeness (QED) is 0.522. The molecule has 0 fully saturated rings. The number of hydrogen-bond acceptors (Lipinski definition) is 4. The van der Waals surface area contributed by atoms with E-state index in [2.05, 4.69) is 5.32 Å². The zero-order valence-corrected chi connectivity index (χ0v) is 13.9. The van der Waals surface area contributed by atoms with Crippen LogP contribution in [0.1, 0.15) is 16.1 Å². The van der Waals surface area contributed by atoms with Gasteiger partial charge in [0.05, 0.1) is 10.5 Å². The zero-order chi connectivity index (χ0) is 18.0. The predicted molar refractivity (Wildman–Crippen MR) is 94.9 cm³/mol. The number of nitro benzene ring substituents is 1. The molecule has 0 bridgehead atoms. The number of aryl methyl sites for hydroxylation is 1. The van der Waals surface area contributed by atoms with Crippen LogP contribution in [0.4, 0.5) is 11.4 Å². The van der Waals surface area contributed by atoms with Gasteiger partial charge < -0.3 is 9.73 Å². The average Bonchev–Trinajstić information content (AvgIpc) is 2.99. The maximum Gasteiger partial charge on any atom is 0.270 e. The number of anilines is 1. The Morgan fingerprint density at radius 2 is 1.88 bits per heavy atom. The maximum atomic E-state index is 12.4.